The SMILES string of the molecule is COc1cc(C(=O)Cl)cc(OC)c1OCc1ccccc1.COc1cc(C(=O)NCC2(O)CCCCC2)cc(OC)c1OCc1ccccc1.NCC1(O)CCCCC1. The highest BCUT2D eigenvalue weighted by Crippen LogP contribution is 2.40. The van der Waals surface area contributed by atoms with Crippen LogP contribution in [-0.2, 0) is 13.2 Å². The number of carbonyl (C=O) groups excluding carboxylic acids is 2. The van der Waals surface area contributed by atoms with Crippen LogP contribution in [0, 0.1) is 0 Å². The molecule has 0 saturated heterocycles. The quantitative estimate of drug-likeness (QED) is 0.0857. The van der Waals surface area contributed by atoms with E-state index in [-0.39, 0.29) is 18.0 Å². The zero-order chi connectivity index (χ0) is 42.7. The molecule has 0 spiro atoms. The lowest BCUT2D eigenvalue weighted by atomic mass is 9.85. The van der Waals surface area contributed by atoms with E-state index in [0.717, 1.165) is 56.1 Å². The first-order valence-electron chi connectivity index (χ1n) is 20.0. The average Bonchev–Trinajstić information content (AvgIpc) is 3.27. The van der Waals surface area contributed by atoms with E-state index in [1.165, 1.54) is 47.0 Å². The highest BCUT2D eigenvalue weighted by molar-refractivity contribution is 6.67. The van der Waals surface area contributed by atoms with E-state index in [1.807, 2.05) is 60.7 Å². The van der Waals surface area contributed by atoms with E-state index in [4.69, 9.17) is 45.8 Å². The molecule has 13 heteroatoms. The van der Waals surface area contributed by atoms with Gasteiger partial charge in [0.25, 0.3) is 11.1 Å². The molecule has 5 N–H and O–H groups in total. The van der Waals surface area contributed by atoms with Crippen LogP contribution in [0.4, 0.5) is 0 Å². The van der Waals surface area contributed by atoms with Gasteiger partial charge < -0.3 is 49.7 Å². The zero-order valence-electron chi connectivity index (χ0n) is 34.6. The van der Waals surface area contributed by atoms with Gasteiger partial charge in [-0.25, -0.2) is 0 Å². The first-order valence-corrected chi connectivity index (χ1v) is 20.3. The summed E-state index contributed by atoms with van der Waals surface area (Å²) in [5.41, 5.74) is 6.78. The Balaban J connectivity index is 0.000000222. The normalized spacial score (nSPS) is 15.1. The van der Waals surface area contributed by atoms with Gasteiger partial charge in [0.05, 0.1) is 39.6 Å². The Hall–Kier alpha value is -5.01. The minimum absolute atomic E-state index is 0.239. The largest absolute Gasteiger partial charge is 0.493 e. The van der Waals surface area contributed by atoms with Crippen molar-refractivity contribution in [2.45, 2.75) is 88.6 Å². The maximum Gasteiger partial charge on any atom is 0.252 e. The summed E-state index contributed by atoms with van der Waals surface area (Å²) in [7, 11) is 6.03. The standard InChI is InChI=1S/C23H29NO5.C16H15ClO4.C7H15NO/c1-27-19-13-18(22(25)24-16-23(26)11-7-4-8-12-23)14-20(28-2)21(19)29-15-17-9-5-3-6-10-17;1-19-13-8-12(16(17)18)9-14(20-2)15(13)21-10-11-6-4-3-5-7-11;8-6-7(9)4-2-1-3-5-7/h3,5-6,9-10,13-14,26H,4,7-8,11-12,15-16H2,1-2H3,(H,24,25);3-9H,10H2,1-2H3;9H,1-6,8H2. The maximum absolute atomic E-state index is 12.7. The van der Waals surface area contributed by atoms with Crippen LogP contribution in [0.25, 0.3) is 0 Å². The Labute approximate surface area is 352 Å². The monoisotopic (exact) mass is 834 g/mol. The lowest BCUT2D eigenvalue weighted by molar-refractivity contribution is 0.00524. The third kappa shape index (κ3) is 14.3. The minimum Gasteiger partial charge on any atom is -0.493 e. The van der Waals surface area contributed by atoms with E-state index < -0.39 is 16.4 Å². The van der Waals surface area contributed by atoms with E-state index in [9.17, 15) is 19.8 Å². The van der Waals surface area contributed by atoms with Crippen molar-refractivity contribution in [3.63, 3.8) is 0 Å². The summed E-state index contributed by atoms with van der Waals surface area (Å²) in [6, 6.07) is 25.8. The van der Waals surface area contributed by atoms with Crippen LogP contribution in [0.15, 0.2) is 84.9 Å². The lowest BCUT2D eigenvalue weighted by Crippen LogP contribution is -2.44. The van der Waals surface area contributed by atoms with Gasteiger partial charge in [-0.3, -0.25) is 9.59 Å². The van der Waals surface area contributed by atoms with Crippen molar-refractivity contribution in [1.29, 1.82) is 0 Å². The Bertz CT molecular complexity index is 1850. The van der Waals surface area contributed by atoms with Crippen molar-refractivity contribution in [3.05, 3.63) is 107 Å². The molecule has 0 atom stereocenters. The molecule has 2 fully saturated rings. The second kappa shape index (κ2) is 23.5. The number of aliphatic hydroxyl groups is 2. The molecule has 59 heavy (non-hydrogen) atoms. The smallest absolute Gasteiger partial charge is 0.252 e. The van der Waals surface area contributed by atoms with Crippen molar-refractivity contribution >= 4 is 22.8 Å². The average molecular weight is 835 g/mol. The third-order valence-corrected chi connectivity index (χ3v) is 10.6. The molecule has 2 aliphatic carbocycles. The number of nitrogens with one attached hydrogen (secondary N) is 1. The first-order chi connectivity index (χ1) is 28.5. The van der Waals surface area contributed by atoms with Crippen molar-refractivity contribution < 1.29 is 48.2 Å². The topological polar surface area (TPSA) is 168 Å². The molecule has 2 saturated carbocycles. The Morgan fingerprint density at radius 2 is 0.983 bits per heavy atom. The van der Waals surface area contributed by atoms with E-state index >= 15 is 0 Å². The highest BCUT2D eigenvalue weighted by Gasteiger charge is 2.30. The number of ether oxygens (including phenoxy) is 6. The minimum atomic E-state index is -0.819. The van der Waals surface area contributed by atoms with Crippen molar-refractivity contribution in [2.24, 2.45) is 5.73 Å². The third-order valence-electron chi connectivity index (χ3n) is 10.4. The molecule has 6 rings (SSSR count). The number of hydrogen-bond donors (Lipinski definition) is 4. The first kappa shape index (κ1) is 46.7. The van der Waals surface area contributed by atoms with Gasteiger partial charge in [-0.05, 0) is 72.7 Å². The number of hydrogen-bond acceptors (Lipinski definition) is 11. The van der Waals surface area contributed by atoms with E-state index in [1.54, 1.807) is 12.1 Å². The predicted molar refractivity (Wildman–Crippen MR) is 228 cm³/mol. The molecule has 0 bridgehead atoms. The van der Waals surface area contributed by atoms with Crippen LogP contribution in [0.5, 0.6) is 34.5 Å². The van der Waals surface area contributed by atoms with Gasteiger partial charge >= 0.3 is 0 Å². The number of rotatable bonds is 15. The second-order valence-electron chi connectivity index (χ2n) is 14.7. The van der Waals surface area contributed by atoms with Gasteiger partial charge in [0.2, 0.25) is 11.5 Å². The van der Waals surface area contributed by atoms with Gasteiger partial charge in [0.1, 0.15) is 13.2 Å². The molecule has 320 valence electrons. The van der Waals surface area contributed by atoms with Crippen LogP contribution in [0.2, 0.25) is 0 Å². The van der Waals surface area contributed by atoms with Crippen LogP contribution in [0.3, 0.4) is 0 Å². The lowest BCUT2D eigenvalue weighted by Gasteiger charge is -2.32. The molecule has 4 aromatic rings. The molecular weight excluding hydrogens is 776 g/mol. The van der Waals surface area contributed by atoms with Crippen molar-refractivity contribution in [1.82, 2.24) is 5.32 Å². The van der Waals surface area contributed by atoms with Gasteiger partial charge in [-0.15, -0.1) is 0 Å². The summed E-state index contributed by atoms with van der Waals surface area (Å²) in [4.78, 5) is 24.0. The highest BCUT2D eigenvalue weighted by atomic mass is 35.5. The summed E-state index contributed by atoms with van der Waals surface area (Å²) in [6.45, 7) is 1.39. The molecule has 2 aliphatic rings. The number of halogens is 1. The Morgan fingerprint density at radius 3 is 1.32 bits per heavy atom. The summed E-state index contributed by atoms with van der Waals surface area (Å²) < 4.78 is 33.1. The number of methoxy groups -OCH3 is 4. The van der Waals surface area contributed by atoms with Gasteiger partial charge in [-0.2, -0.15) is 0 Å². The van der Waals surface area contributed by atoms with Crippen molar-refractivity contribution in [2.75, 3.05) is 41.5 Å². The molecule has 0 aromatic heterocycles. The fraction of sp³-hybridized carbons (Fsp3) is 0.435. The van der Waals surface area contributed by atoms with Gasteiger partial charge in [-0.1, -0.05) is 99.2 Å². The van der Waals surface area contributed by atoms with Gasteiger partial charge in [0.15, 0.2) is 23.0 Å². The molecule has 0 aliphatic heterocycles. The van der Waals surface area contributed by atoms with E-state index in [2.05, 4.69) is 5.32 Å². The number of benzene rings is 4. The summed E-state index contributed by atoms with van der Waals surface area (Å²) in [5, 5.41) is 22.4. The van der Waals surface area contributed by atoms with Crippen LogP contribution in [-0.4, -0.2) is 74.1 Å². The van der Waals surface area contributed by atoms with E-state index in [0.29, 0.717) is 72.7 Å². The molecule has 0 heterocycles. The Kier molecular flexibility index (Phi) is 18.6. The zero-order valence-corrected chi connectivity index (χ0v) is 35.4. The summed E-state index contributed by atoms with van der Waals surface area (Å²) in [6.07, 6.45) is 9.91. The van der Waals surface area contributed by atoms with Gasteiger partial charge in [0, 0.05) is 24.2 Å². The predicted octanol–water partition coefficient (Wildman–Crippen LogP) is 8.01. The molecule has 12 nitrogen and oxygen atoms in total. The second-order valence-corrected chi connectivity index (χ2v) is 15.0. The van der Waals surface area contributed by atoms with Crippen LogP contribution >= 0.6 is 11.6 Å². The molecular formula is C46H59ClN2O10. The number of carbonyl (C=O) groups is 2. The molecule has 0 unspecified atom stereocenters. The Morgan fingerprint density at radius 1 is 0.610 bits per heavy atom. The van der Waals surface area contributed by atoms with Crippen LogP contribution < -0.4 is 39.5 Å². The fourth-order valence-corrected chi connectivity index (χ4v) is 7.01. The maximum atomic E-state index is 12.7. The number of nitrogens with two attached hydrogens (primary N) is 1. The molecule has 4 aromatic carbocycles. The summed E-state index contributed by atoms with van der Waals surface area (Å²) in [5.74, 6) is 2.23. The summed E-state index contributed by atoms with van der Waals surface area (Å²) >= 11 is 5.50. The van der Waals surface area contributed by atoms with Crippen molar-refractivity contribution in [3.8, 4) is 34.5 Å². The molecule has 1 amide bonds. The molecule has 0 radical (unpaired) electrons. The number of amides is 1. The fourth-order valence-electron chi connectivity index (χ4n) is 6.90. The van der Waals surface area contributed by atoms with Crippen LogP contribution in [0.1, 0.15) is 96.1 Å².